The molecule has 3 N–H and O–H groups in total. The quantitative estimate of drug-likeness (QED) is 0.225. The third-order valence-electron chi connectivity index (χ3n) is 7.19. The van der Waals surface area contributed by atoms with Gasteiger partial charge in [-0.1, -0.05) is 0 Å². The molecule has 12 heteroatoms. The number of benzene rings is 2. The predicted octanol–water partition coefficient (Wildman–Crippen LogP) is 5.15. The lowest BCUT2D eigenvalue weighted by Gasteiger charge is -2.28. The lowest BCUT2D eigenvalue weighted by Crippen LogP contribution is -2.37. The Labute approximate surface area is 254 Å². The number of urea groups is 1. The number of hydrogen-bond donors (Lipinski definition) is 3. The largest absolute Gasteiger partial charge is 0.456 e. The Morgan fingerprint density at radius 1 is 0.886 bits per heavy atom. The van der Waals surface area contributed by atoms with Crippen molar-refractivity contribution >= 4 is 40.2 Å². The lowest BCUT2D eigenvalue weighted by molar-refractivity contribution is 0.0958. The second-order valence-electron chi connectivity index (χ2n) is 10.1. The summed E-state index contributed by atoms with van der Waals surface area (Å²) in [6.07, 6.45) is 3.52. The van der Waals surface area contributed by atoms with Crippen molar-refractivity contribution in [1.82, 2.24) is 24.8 Å². The topological polar surface area (TPSA) is 136 Å². The second-order valence-corrected chi connectivity index (χ2v) is 10.1. The number of carbonyl (C=O) groups excluding carboxylic acids is 2. The number of nitrogens with one attached hydrogen (secondary N) is 3. The van der Waals surface area contributed by atoms with Crippen LogP contribution in [0.5, 0.6) is 11.5 Å². The summed E-state index contributed by atoms with van der Waals surface area (Å²) in [4.78, 5) is 40.5. The zero-order valence-corrected chi connectivity index (χ0v) is 24.4. The highest BCUT2D eigenvalue weighted by Crippen LogP contribution is 2.30. The fourth-order valence-electron chi connectivity index (χ4n) is 4.89. The maximum absolute atomic E-state index is 12.7. The SMILES string of the molecule is CCn1ccc2c(N3CCOCC3)nc(-c3ccc(NC(=O)Nc4ccc(Oc5ccc(C(=O)NC)nc5)cc4)cc3)nc21. The molecule has 0 saturated carbocycles. The Morgan fingerprint density at radius 2 is 1.57 bits per heavy atom. The molecule has 0 radical (unpaired) electrons. The summed E-state index contributed by atoms with van der Waals surface area (Å²) in [5.41, 5.74) is 3.27. The van der Waals surface area contributed by atoms with E-state index in [0.29, 0.717) is 47.6 Å². The van der Waals surface area contributed by atoms with Crippen molar-refractivity contribution in [3.05, 3.63) is 84.8 Å². The van der Waals surface area contributed by atoms with Gasteiger partial charge in [0.25, 0.3) is 5.91 Å². The zero-order valence-electron chi connectivity index (χ0n) is 24.4. The highest BCUT2D eigenvalue weighted by atomic mass is 16.5. The first-order valence-corrected chi connectivity index (χ1v) is 14.3. The van der Waals surface area contributed by atoms with Gasteiger partial charge in [0.15, 0.2) is 5.82 Å². The van der Waals surface area contributed by atoms with Gasteiger partial charge in [0.2, 0.25) is 0 Å². The van der Waals surface area contributed by atoms with Crippen LogP contribution in [-0.4, -0.2) is 64.8 Å². The first kappa shape index (κ1) is 28.6. The van der Waals surface area contributed by atoms with Crippen molar-refractivity contribution in [2.24, 2.45) is 0 Å². The van der Waals surface area contributed by atoms with E-state index in [1.807, 2.05) is 30.5 Å². The van der Waals surface area contributed by atoms with E-state index in [0.717, 1.165) is 42.0 Å². The van der Waals surface area contributed by atoms with Crippen LogP contribution in [0.4, 0.5) is 22.0 Å². The Kier molecular flexibility index (Phi) is 8.32. The van der Waals surface area contributed by atoms with E-state index < -0.39 is 0 Å². The van der Waals surface area contributed by atoms with Gasteiger partial charge in [-0.25, -0.2) is 19.7 Å². The highest BCUT2D eigenvalue weighted by molar-refractivity contribution is 6.00. The van der Waals surface area contributed by atoms with Crippen LogP contribution in [0.1, 0.15) is 17.4 Å². The molecule has 4 heterocycles. The lowest BCUT2D eigenvalue weighted by atomic mass is 10.2. The van der Waals surface area contributed by atoms with E-state index in [4.69, 9.17) is 19.4 Å². The average molecular weight is 593 g/mol. The Balaban J connectivity index is 1.10. The predicted molar refractivity (Wildman–Crippen MR) is 168 cm³/mol. The number of ether oxygens (including phenoxy) is 2. The molecule has 3 amide bonds. The minimum atomic E-state index is -0.381. The van der Waals surface area contributed by atoms with Crippen LogP contribution in [0.15, 0.2) is 79.1 Å². The van der Waals surface area contributed by atoms with E-state index >= 15 is 0 Å². The van der Waals surface area contributed by atoms with E-state index in [2.05, 4.69) is 43.4 Å². The van der Waals surface area contributed by atoms with Crippen LogP contribution in [0.2, 0.25) is 0 Å². The number of aromatic nitrogens is 4. The molecule has 3 aromatic heterocycles. The molecule has 0 bridgehead atoms. The number of fused-ring (bicyclic) bond motifs is 1. The fraction of sp³-hybridized carbons (Fsp3) is 0.219. The number of hydrogen-bond acceptors (Lipinski definition) is 8. The first-order chi connectivity index (χ1) is 21.5. The van der Waals surface area contributed by atoms with Crippen molar-refractivity contribution in [3.8, 4) is 22.9 Å². The number of pyridine rings is 1. The molecule has 0 spiro atoms. The third kappa shape index (κ3) is 6.30. The molecule has 0 aliphatic carbocycles. The molecule has 0 atom stereocenters. The molecule has 224 valence electrons. The third-order valence-corrected chi connectivity index (χ3v) is 7.19. The van der Waals surface area contributed by atoms with Crippen molar-refractivity contribution in [1.29, 1.82) is 0 Å². The van der Waals surface area contributed by atoms with Gasteiger partial charge in [0, 0.05) is 49.8 Å². The van der Waals surface area contributed by atoms with Crippen molar-refractivity contribution in [2.45, 2.75) is 13.5 Å². The van der Waals surface area contributed by atoms with Crippen LogP contribution < -0.4 is 25.6 Å². The van der Waals surface area contributed by atoms with Gasteiger partial charge in [0.1, 0.15) is 28.7 Å². The molecular formula is C32H32N8O4. The summed E-state index contributed by atoms with van der Waals surface area (Å²) >= 11 is 0. The van der Waals surface area contributed by atoms with Crippen molar-refractivity contribution < 1.29 is 19.1 Å². The summed E-state index contributed by atoms with van der Waals surface area (Å²) in [6.45, 7) is 5.80. The van der Waals surface area contributed by atoms with Crippen molar-refractivity contribution in [2.75, 3.05) is 48.9 Å². The van der Waals surface area contributed by atoms with Gasteiger partial charge < -0.3 is 34.9 Å². The van der Waals surface area contributed by atoms with Gasteiger partial charge >= 0.3 is 6.03 Å². The van der Waals surface area contributed by atoms with Gasteiger partial charge in [-0.3, -0.25) is 4.79 Å². The fourth-order valence-corrected chi connectivity index (χ4v) is 4.89. The molecule has 1 saturated heterocycles. The van der Waals surface area contributed by atoms with Gasteiger partial charge in [-0.05, 0) is 73.7 Å². The number of nitrogens with zero attached hydrogens (tertiary/aromatic N) is 5. The number of rotatable bonds is 8. The molecule has 12 nitrogen and oxygen atoms in total. The smallest absolute Gasteiger partial charge is 0.323 e. The molecule has 6 rings (SSSR count). The van der Waals surface area contributed by atoms with E-state index in [9.17, 15) is 9.59 Å². The summed E-state index contributed by atoms with van der Waals surface area (Å²) in [5, 5.41) is 9.24. The molecule has 1 aliphatic rings. The zero-order chi connectivity index (χ0) is 30.5. The number of carbonyl (C=O) groups is 2. The Morgan fingerprint density at radius 3 is 2.20 bits per heavy atom. The second kappa shape index (κ2) is 12.8. The molecule has 44 heavy (non-hydrogen) atoms. The van der Waals surface area contributed by atoms with E-state index in [1.165, 1.54) is 6.20 Å². The summed E-state index contributed by atoms with van der Waals surface area (Å²) in [5.74, 6) is 2.32. The number of anilines is 3. The minimum Gasteiger partial charge on any atom is -0.456 e. The first-order valence-electron chi connectivity index (χ1n) is 14.3. The van der Waals surface area contributed by atoms with Crippen LogP contribution in [0.3, 0.4) is 0 Å². The van der Waals surface area contributed by atoms with Gasteiger partial charge in [0.05, 0.1) is 24.8 Å². The van der Waals surface area contributed by atoms with Crippen LogP contribution in [-0.2, 0) is 11.3 Å². The Bertz CT molecular complexity index is 1760. The normalized spacial score (nSPS) is 13.0. The number of aryl methyl sites for hydroxylation is 1. The molecule has 5 aromatic rings. The number of morpholine rings is 1. The molecule has 0 unspecified atom stereocenters. The summed E-state index contributed by atoms with van der Waals surface area (Å²) in [6, 6.07) is 19.3. The molecule has 1 aliphatic heterocycles. The van der Waals surface area contributed by atoms with Crippen LogP contribution in [0.25, 0.3) is 22.4 Å². The van der Waals surface area contributed by atoms with Crippen LogP contribution >= 0.6 is 0 Å². The van der Waals surface area contributed by atoms with E-state index in [1.54, 1.807) is 43.4 Å². The standard InChI is InChI=1S/C32H32N8O4/c1-3-39-15-14-26-29(39)37-28(38-30(26)40-16-18-43-19-17-40)21-4-6-22(7-5-21)35-32(42)36-23-8-10-24(11-9-23)44-25-12-13-27(34-20-25)31(41)33-2/h4-15,20H,3,16-19H2,1-2H3,(H,33,41)(H2,35,36,42). The molecule has 1 fully saturated rings. The molecule has 2 aromatic carbocycles. The number of amides is 3. The van der Waals surface area contributed by atoms with Crippen molar-refractivity contribution in [3.63, 3.8) is 0 Å². The van der Waals surface area contributed by atoms with Gasteiger partial charge in [-0.2, -0.15) is 0 Å². The minimum absolute atomic E-state index is 0.270. The maximum atomic E-state index is 12.7. The van der Waals surface area contributed by atoms with Gasteiger partial charge in [-0.15, -0.1) is 0 Å². The van der Waals surface area contributed by atoms with E-state index in [-0.39, 0.29) is 11.9 Å². The monoisotopic (exact) mass is 592 g/mol. The van der Waals surface area contributed by atoms with Crippen LogP contribution in [0, 0.1) is 0 Å². The Hall–Kier alpha value is -5.49. The highest BCUT2D eigenvalue weighted by Gasteiger charge is 2.20. The summed E-state index contributed by atoms with van der Waals surface area (Å²) < 4.78 is 13.4. The average Bonchev–Trinajstić information content (AvgIpc) is 3.49. The summed E-state index contributed by atoms with van der Waals surface area (Å²) in [7, 11) is 1.55. The molecular weight excluding hydrogens is 560 g/mol. The maximum Gasteiger partial charge on any atom is 0.323 e.